The van der Waals surface area contributed by atoms with Crippen molar-refractivity contribution in [2.75, 3.05) is 11.1 Å². The van der Waals surface area contributed by atoms with E-state index in [1.54, 1.807) is 12.3 Å². The lowest BCUT2D eigenvalue weighted by Crippen LogP contribution is -2.02. The Bertz CT molecular complexity index is 531. The van der Waals surface area contributed by atoms with Crippen molar-refractivity contribution in [3.05, 3.63) is 51.6 Å². The van der Waals surface area contributed by atoms with Gasteiger partial charge in [0.15, 0.2) is 0 Å². The van der Waals surface area contributed by atoms with Gasteiger partial charge >= 0.3 is 0 Å². The maximum Gasteiger partial charge on any atom is 0.145 e. The first-order valence-corrected chi connectivity index (χ1v) is 6.21. The fraction of sp³-hybridized carbons (Fsp3) is 0.0833. The summed E-state index contributed by atoms with van der Waals surface area (Å²) in [5.41, 5.74) is 7.54. The largest absolute Gasteiger partial charge is 0.399 e. The van der Waals surface area contributed by atoms with E-state index in [1.807, 2.05) is 24.3 Å². The Morgan fingerprint density at radius 1 is 1.35 bits per heavy atom. The summed E-state index contributed by atoms with van der Waals surface area (Å²) in [5, 5.41) is 3.75. The van der Waals surface area contributed by atoms with Crippen LogP contribution < -0.4 is 11.1 Å². The van der Waals surface area contributed by atoms with Crippen molar-refractivity contribution < 1.29 is 0 Å². The highest BCUT2D eigenvalue weighted by molar-refractivity contribution is 9.10. The second kappa shape index (κ2) is 5.38. The van der Waals surface area contributed by atoms with Gasteiger partial charge < -0.3 is 11.1 Å². The summed E-state index contributed by atoms with van der Waals surface area (Å²) in [6.07, 6.45) is 1.70. The third-order valence-corrected chi connectivity index (χ3v) is 2.94. The molecule has 0 saturated heterocycles. The Morgan fingerprint density at radius 3 is 2.88 bits per heavy atom. The van der Waals surface area contributed by atoms with Gasteiger partial charge in [-0.2, -0.15) is 0 Å². The molecule has 0 unspecified atom stereocenters. The molecule has 2 rings (SSSR count). The van der Waals surface area contributed by atoms with Gasteiger partial charge in [0.2, 0.25) is 0 Å². The third-order valence-electron chi connectivity index (χ3n) is 2.22. The van der Waals surface area contributed by atoms with Crippen molar-refractivity contribution in [1.29, 1.82) is 0 Å². The fourth-order valence-corrected chi connectivity index (χ4v) is 2.13. The minimum atomic E-state index is 0.586. The first kappa shape index (κ1) is 12.2. The topological polar surface area (TPSA) is 50.9 Å². The monoisotopic (exact) mass is 311 g/mol. The quantitative estimate of drug-likeness (QED) is 0.850. The van der Waals surface area contributed by atoms with Crippen LogP contribution in [0.5, 0.6) is 0 Å². The van der Waals surface area contributed by atoms with E-state index >= 15 is 0 Å². The molecule has 17 heavy (non-hydrogen) atoms. The Balaban J connectivity index is 2.07. The highest BCUT2D eigenvalue weighted by atomic mass is 79.9. The lowest BCUT2D eigenvalue weighted by Gasteiger charge is -2.08. The molecule has 3 nitrogen and oxygen atoms in total. The van der Waals surface area contributed by atoms with Gasteiger partial charge in [0.25, 0.3) is 0 Å². The maximum absolute atomic E-state index is 6.05. The number of pyridine rings is 1. The zero-order valence-electron chi connectivity index (χ0n) is 8.95. The van der Waals surface area contributed by atoms with Crippen LogP contribution in [0.3, 0.4) is 0 Å². The zero-order valence-corrected chi connectivity index (χ0v) is 11.3. The predicted octanol–water partition coefficient (Wildman–Crippen LogP) is 3.69. The van der Waals surface area contributed by atoms with Crippen LogP contribution in [0.15, 0.2) is 41.0 Å². The van der Waals surface area contributed by atoms with Crippen LogP contribution in [0.2, 0.25) is 5.02 Å². The molecule has 88 valence electrons. The second-order valence-corrected chi connectivity index (χ2v) is 4.91. The van der Waals surface area contributed by atoms with Gasteiger partial charge in [-0.25, -0.2) is 4.98 Å². The second-order valence-electron chi connectivity index (χ2n) is 3.58. The summed E-state index contributed by atoms with van der Waals surface area (Å²) in [5.74, 6) is 0.664. The number of hydrogen-bond donors (Lipinski definition) is 2. The van der Waals surface area contributed by atoms with Gasteiger partial charge in [0.1, 0.15) is 5.82 Å². The molecule has 0 atom stereocenters. The summed E-state index contributed by atoms with van der Waals surface area (Å²) < 4.78 is 0.858. The Labute approximate surface area is 113 Å². The molecule has 1 aromatic heterocycles. The molecule has 0 radical (unpaired) electrons. The molecule has 5 heteroatoms. The van der Waals surface area contributed by atoms with E-state index < -0.39 is 0 Å². The van der Waals surface area contributed by atoms with Gasteiger partial charge in [0.05, 0.1) is 5.02 Å². The molecule has 0 amide bonds. The summed E-state index contributed by atoms with van der Waals surface area (Å²) >= 11 is 9.36. The summed E-state index contributed by atoms with van der Waals surface area (Å²) in [6.45, 7) is 0.638. The van der Waals surface area contributed by atoms with Crippen molar-refractivity contribution in [3.8, 4) is 0 Å². The number of rotatable bonds is 3. The first-order chi connectivity index (χ1) is 8.15. The van der Waals surface area contributed by atoms with Crippen LogP contribution in [-0.4, -0.2) is 4.98 Å². The van der Waals surface area contributed by atoms with Crippen molar-refractivity contribution in [1.82, 2.24) is 4.98 Å². The minimum absolute atomic E-state index is 0.586. The average molecular weight is 313 g/mol. The number of nitrogens with two attached hydrogens (primary N) is 1. The Kier molecular flexibility index (Phi) is 3.86. The molecule has 0 bridgehead atoms. The van der Waals surface area contributed by atoms with Crippen LogP contribution in [0.25, 0.3) is 0 Å². The number of aromatic nitrogens is 1. The fourth-order valence-electron chi connectivity index (χ4n) is 1.43. The smallest absolute Gasteiger partial charge is 0.145 e. The molecule has 0 aliphatic heterocycles. The summed E-state index contributed by atoms with van der Waals surface area (Å²) in [7, 11) is 0. The number of nitrogens with one attached hydrogen (secondary N) is 1. The zero-order chi connectivity index (χ0) is 12.3. The molecule has 0 saturated carbocycles. The van der Waals surface area contributed by atoms with Gasteiger partial charge in [-0.15, -0.1) is 0 Å². The van der Waals surface area contributed by atoms with Crippen LogP contribution in [-0.2, 0) is 6.54 Å². The van der Waals surface area contributed by atoms with Crippen molar-refractivity contribution in [2.24, 2.45) is 0 Å². The van der Waals surface area contributed by atoms with Crippen LogP contribution in [0.4, 0.5) is 11.5 Å². The lowest BCUT2D eigenvalue weighted by atomic mass is 10.2. The van der Waals surface area contributed by atoms with E-state index in [2.05, 4.69) is 26.2 Å². The lowest BCUT2D eigenvalue weighted by molar-refractivity contribution is 1.11. The van der Waals surface area contributed by atoms with Crippen LogP contribution >= 0.6 is 27.5 Å². The predicted molar refractivity (Wildman–Crippen MR) is 75.1 cm³/mol. The van der Waals surface area contributed by atoms with E-state index in [4.69, 9.17) is 17.3 Å². The molecular formula is C12H11BrClN3. The summed E-state index contributed by atoms with van der Waals surface area (Å²) in [6, 6.07) is 9.49. The van der Waals surface area contributed by atoms with Gasteiger partial charge in [-0.05, 0) is 39.7 Å². The normalized spacial score (nSPS) is 10.2. The molecule has 1 heterocycles. The van der Waals surface area contributed by atoms with Crippen LogP contribution in [0, 0.1) is 0 Å². The van der Waals surface area contributed by atoms with Crippen LogP contribution in [0.1, 0.15) is 5.56 Å². The molecule has 0 aliphatic carbocycles. The minimum Gasteiger partial charge on any atom is -0.399 e. The molecule has 0 aliphatic rings. The number of halogens is 2. The first-order valence-electron chi connectivity index (χ1n) is 5.04. The number of anilines is 2. The number of nitrogens with zero attached hydrogens (tertiary/aromatic N) is 1. The van der Waals surface area contributed by atoms with E-state index in [0.29, 0.717) is 17.4 Å². The molecule has 1 aromatic carbocycles. The van der Waals surface area contributed by atoms with E-state index in [-0.39, 0.29) is 0 Å². The molecule has 0 spiro atoms. The van der Waals surface area contributed by atoms with Gasteiger partial charge in [-0.1, -0.05) is 23.7 Å². The highest BCUT2D eigenvalue weighted by Crippen LogP contribution is 2.23. The SMILES string of the molecule is Nc1cccc(CNc2ncc(Br)cc2Cl)c1. The molecule has 3 N–H and O–H groups in total. The van der Waals surface area contributed by atoms with Crippen molar-refractivity contribution >= 4 is 39.0 Å². The van der Waals surface area contributed by atoms with Crippen molar-refractivity contribution in [2.45, 2.75) is 6.54 Å². The maximum atomic E-state index is 6.05. The van der Waals surface area contributed by atoms with E-state index in [1.165, 1.54) is 0 Å². The highest BCUT2D eigenvalue weighted by Gasteiger charge is 2.02. The van der Waals surface area contributed by atoms with E-state index in [9.17, 15) is 0 Å². The Hall–Kier alpha value is -1.26. The Morgan fingerprint density at radius 2 is 2.18 bits per heavy atom. The molecule has 0 fully saturated rings. The summed E-state index contributed by atoms with van der Waals surface area (Å²) in [4.78, 5) is 4.19. The average Bonchev–Trinajstić information content (AvgIpc) is 2.28. The van der Waals surface area contributed by atoms with Gasteiger partial charge in [0, 0.05) is 22.9 Å². The standard InChI is InChI=1S/C12H11BrClN3/c13-9-5-11(14)12(17-7-9)16-6-8-2-1-3-10(15)4-8/h1-5,7H,6,15H2,(H,16,17). The third kappa shape index (κ3) is 3.35. The van der Waals surface area contributed by atoms with E-state index in [0.717, 1.165) is 15.7 Å². The number of benzene rings is 1. The van der Waals surface area contributed by atoms with Gasteiger partial charge in [-0.3, -0.25) is 0 Å². The van der Waals surface area contributed by atoms with Crippen molar-refractivity contribution in [3.63, 3.8) is 0 Å². The molecule has 2 aromatic rings. The molecular weight excluding hydrogens is 302 g/mol. The number of hydrogen-bond acceptors (Lipinski definition) is 3. The number of nitrogen functional groups attached to an aromatic ring is 1.